The molecule has 0 saturated heterocycles. The van der Waals surface area contributed by atoms with E-state index in [2.05, 4.69) is 142 Å². The summed E-state index contributed by atoms with van der Waals surface area (Å²) in [7, 11) is 0. The summed E-state index contributed by atoms with van der Waals surface area (Å²) in [4.78, 5) is 0. The highest BCUT2D eigenvalue weighted by Crippen LogP contribution is 2.36. The van der Waals surface area contributed by atoms with Crippen molar-refractivity contribution in [3.8, 4) is 16.8 Å². The highest BCUT2D eigenvalue weighted by Gasteiger charge is 2.12. The molecule has 0 fully saturated rings. The van der Waals surface area contributed by atoms with Crippen LogP contribution in [0.3, 0.4) is 0 Å². The Hall–Kier alpha value is -3.88. The van der Waals surface area contributed by atoms with Crippen LogP contribution in [0.1, 0.15) is 0 Å². The van der Waals surface area contributed by atoms with Crippen LogP contribution in [0.2, 0.25) is 0 Å². The molecule has 1 nitrogen and oxygen atoms in total. The van der Waals surface area contributed by atoms with Crippen LogP contribution in [0.15, 0.2) is 126 Å². The van der Waals surface area contributed by atoms with Crippen LogP contribution < -0.4 is 0 Å². The van der Waals surface area contributed by atoms with Crippen LogP contribution in [0.5, 0.6) is 0 Å². The Morgan fingerprint density at radius 1 is 0.471 bits per heavy atom. The minimum absolute atomic E-state index is 1.13. The number of para-hydroxylation sites is 2. The van der Waals surface area contributed by atoms with Gasteiger partial charge >= 0.3 is 0 Å². The van der Waals surface area contributed by atoms with Crippen molar-refractivity contribution in [2.75, 3.05) is 0 Å². The lowest BCUT2D eigenvalue weighted by atomic mass is 9.95. The number of aromatic nitrogens is 1. The van der Waals surface area contributed by atoms with Crippen molar-refractivity contribution in [3.63, 3.8) is 0 Å². The van der Waals surface area contributed by atoms with Crippen LogP contribution in [0.4, 0.5) is 0 Å². The van der Waals surface area contributed by atoms with Crippen LogP contribution >= 0.6 is 15.9 Å². The second-order valence-corrected chi connectivity index (χ2v) is 9.61. The number of nitrogens with zero attached hydrogens (tertiary/aromatic N) is 1. The van der Waals surface area contributed by atoms with E-state index in [4.69, 9.17) is 0 Å². The zero-order chi connectivity index (χ0) is 22.6. The molecular weight excluding hydrogens is 478 g/mol. The average Bonchev–Trinajstić information content (AvgIpc) is 3.22. The standard InChI is InChI=1S/C32H20BrN/c33-30-12-6-8-23-19-28-22(20-29(23)30)7-5-11-25(28)21-15-17-24(18-16-21)34-31-13-3-1-9-26(31)27-10-2-4-14-32(27)34/h1-20H. The third kappa shape index (κ3) is 2.92. The van der Waals surface area contributed by atoms with Gasteiger partial charge in [0.15, 0.2) is 0 Å². The summed E-state index contributed by atoms with van der Waals surface area (Å²) in [6.07, 6.45) is 0. The van der Waals surface area contributed by atoms with Crippen molar-refractivity contribution >= 4 is 59.3 Å². The normalized spacial score (nSPS) is 11.7. The minimum atomic E-state index is 1.13. The first-order valence-electron chi connectivity index (χ1n) is 11.5. The first-order valence-corrected chi connectivity index (χ1v) is 12.3. The van der Waals surface area contributed by atoms with Gasteiger partial charge in [0, 0.05) is 20.9 Å². The van der Waals surface area contributed by atoms with Crippen LogP contribution in [-0.2, 0) is 0 Å². The molecule has 0 amide bonds. The molecule has 0 saturated carbocycles. The van der Waals surface area contributed by atoms with Gasteiger partial charge in [-0.1, -0.05) is 94.8 Å². The van der Waals surface area contributed by atoms with Gasteiger partial charge in [-0.3, -0.25) is 0 Å². The Morgan fingerprint density at radius 2 is 1.06 bits per heavy atom. The molecule has 0 N–H and O–H groups in total. The molecule has 0 aliphatic rings. The van der Waals surface area contributed by atoms with Gasteiger partial charge in [-0.2, -0.15) is 0 Å². The van der Waals surface area contributed by atoms with Crippen molar-refractivity contribution in [3.05, 3.63) is 126 Å². The minimum Gasteiger partial charge on any atom is -0.309 e. The number of fused-ring (bicyclic) bond motifs is 5. The lowest BCUT2D eigenvalue weighted by Crippen LogP contribution is -1.93. The molecule has 0 atom stereocenters. The largest absolute Gasteiger partial charge is 0.309 e. The number of rotatable bonds is 2. The maximum absolute atomic E-state index is 3.70. The highest BCUT2D eigenvalue weighted by atomic mass is 79.9. The summed E-state index contributed by atoms with van der Waals surface area (Å²) < 4.78 is 3.50. The third-order valence-corrected chi connectivity index (χ3v) is 7.53. The predicted molar refractivity (Wildman–Crippen MR) is 149 cm³/mol. The molecule has 1 heterocycles. The molecule has 0 aliphatic heterocycles. The summed E-state index contributed by atoms with van der Waals surface area (Å²) in [5.41, 5.74) is 6.13. The van der Waals surface area contributed by atoms with Gasteiger partial charge in [0.1, 0.15) is 0 Å². The summed E-state index contributed by atoms with van der Waals surface area (Å²) in [6, 6.07) is 43.8. The fourth-order valence-electron chi connectivity index (χ4n) is 5.26. The summed E-state index contributed by atoms with van der Waals surface area (Å²) in [5, 5.41) is 7.59. The molecule has 1 aromatic heterocycles. The third-order valence-electron chi connectivity index (χ3n) is 6.84. The summed E-state index contributed by atoms with van der Waals surface area (Å²) in [5.74, 6) is 0. The number of halogens is 1. The molecule has 0 aliphatic carbocycles. The van der Waals surface area contributed by atoms with E-state index in [-0.39, 0.29) is 0 Å². The average molecular weight is 498 g/mol. The van der Waals surface area contributed by atoms with E-state index in [1.165, 1.54) is 60.2 Å². The zero-order valence-corrected chi connectivity index (χ0v) is 20.0. The van der Waals surface area contributed by atoms with E-state index >= 15 is 0 Å². The van der Waals surface area contributed by atoms with Gasteiger partial charge in [-0.05, 0) is 75.1 Å². The van der Waals surface area contributed by atoms with Gasteiger partial charge in [0.05, 0.1) is 11.0 Å². The number of hydrogen-bond acceptors (Lipinski definition) is 0. The first-order chi connectivity index (χ1) is 16.8. The quantitative estimate of drug-likeness (QED) is 0.209. The van der Waals surface area contributed by atoms with Crippen molar-refractivity contribution in [2.45, 2.75) is 0 Å². The van der Waals surface area contributed by atoms with E-state index in [1.807, 2.05) is 0 Å². The Labute approximate surface area is 206 Å². The number of hydrogen-bond donors (Lipinski definition) is 0. The summed E-state index contributed by atoms with van der Waals surface area (Å²) >= 11 is 3.70. The summed E-state index contributed by atoms with van der Waals surface area (Å²) in [6.45, 7) is 0. The number of benzene rings is 6. The van der Waals surface area contributed by atoms with Gasteiger partial charge in [-0.25, -0.2) is 0 Å². The van der Waals surface area contributed by atoms with E-state index in [0.29, 0.717) is 0 Å². The van der Waals surface area contributed by atoms with E-state index in [0.717, 1.165) is 4.47 Å². The predicted octanol–water partition coefficient (Wildman–Crippen LogP) is 9.52. The van der Waals surface area contributed by atoms with Gasteiger partial charge < -0.3 is 4.57 Å². The monoisotopic (exact) mass is 497 g/mol. The van der Waals surface area contributed by atoms with Crippen molar-refractivity contribution in [1.29, 1.82) is 0 Å². The van der Waals surface area contributed by atoms with Gasteiger partial charge in [0.2, 0.25) is 0 Å². The molecule has 6 aromatic carbocycles. The first kappa shape index (κ1) is 19.6. The fourth-order valence-corrected chi connectivity index (χ4v) is 5.75. The maximum atomic E-state index is 3.70. The molecule has 7 aromatic rings. The molecular formula is C32H20BrN. The molecule has 0 spiro atoms. The molecule has 7 rings (SSSR count). The second-order valence-electron chi connectivity index (χ2n) is 8.76. The topological polar surface area (TPSA) is 4.93 Å². The zero-order valence-electron chi connectivity index (χ0n) is 18.4. The molecule has 2 heteroatoms. The Kier molecular flexibility index (Phi) is 4.36. The second kappa shape index (κ2) is 7.58. The van der Waals surface area contributed by atoms with Crippen LogP contribution in [-0.4, -0.2) is 4.57 Å². The molecule has 0 bridgehead atoms. The molecule has 0 unspecified atom stereocenters. The van der Waals surface area contributed by atoms with Crippen LogP contribution in [0, 0.1) is 0 Å². The Balaban J connectivity index is 1.41. The maximum Gasteiger partial charge on any atom is 0.0541 e. The van der Waals surface area contributed by atoms with Gasteiger partial charge in [-0.15, -0.1) is 0 Å². The van der Waals surface area contributed by atoms with Gasteiger partial charge in [0.25, 0.3) is 0 Å². The van der Waals surface area contributed by atoms with Crippen molar-refractivity contribution in [1.82, 2.24) is 4.57 Å². The van der Waals surface area contributed by atoms with E-state index < -0.39 is 0 Å². The lowest BCUT2D eigenvalue weighted by molar-refractivity contribution is 1.18. The molecule has 34 heavy (non-hydrogen) atoms. The molecule has 0 radical (unpaired) electrons. The smallest absolute Gasteiger partial charge is 0.0541 e. The SMILES string of the molecule is Brc1cccc2cc3c(-c4ccc(-n5c6ccccc6c6ccccc65)cc4)cccc3cc12. The van der Waals surface area contributed by atoms with Crippen molar-refractivity contribution in [2.24, 2.45) is 0 Å². The van der Waals surface area contributed by atoms with E-state index in [9.17, 15) is 0 Å². The van der Waals surface area contributed by atoms with Crippen molar-refractivity contribution < 1.29 is 0 Å². The fraction of sp³-hybridized carbons (Fsp3) is 0. The Bertz CT molecular complexity index is 1810. The Morgan fingerprint density at radius 3 is 1.76 bits per heavy atom. The highest BCUT2D eigenvalue weighted by molar-refractivity contribution is 9.10. The van der Waals surface area contributed by atoms with E-state index in [1.54, 1.807) is 0 Å². The van der Waals surface area contributed by atoms with Crippen LogP contribution in [0.25, 0.3) is 60.2 Å². The molecule has 160 valence electrons. The lowest BCUT2D eigenvalue weighted by Gasteiger charge is -2.12.